The number of nitrogens with zero attached hydrogens (tertiary/aromatic N) is 2. The third-order valence-corrected chi connectivity index (χ3v) is 9.85. The normalized spacial score (nSPS) is 36.8. The fraction of sp³-hybridized carbons (Fsp3) is 0.586. The van der Waals surface area contributed by atoms with E-state index in [-0.39, 0.29) is 5.41 Å². The fourth-order valence-electron chi connectivity index (χ4n) is 7.57. The second-order valence-electron chi connectivity index (χ2n) is 11.5. The molecule has 0 unspecified atom stereocenters. The average Bonchev–Trinajstić information content (AvgIpc) is 3.22. The van der Waals surface area contributed by atoms with Crippen molar-refractivity contribution in [3.05, 3.63) is 65.2 Å². The average molecular weight is 431 g/mol. The highest BCUT2D eigenvalue weighted by Gasteiger charge is 2.58. The first-order valence-electron chi connectivity index (χ1n) is 12.8. The third-order valence-electron chi connectivity index (χ3n) is 9.85. The van der Waals surface area contributed by atoms with E-state index in [1.54, 1.807) is 5.56 Å². The summed E-state index contributed by atoms with van der Waals surface area (Å²) in [6.07, 6.45) is 6.40. The van der Waals surface area contributed by atoms with Crippen LogP contribution in [0.5, 0.6) is 5.75 Å². The summed E-state index contributed by atoms with van der Waals surface area (Å²) in [5, 5.41) is 10.1. The number of hydrogen-bond acceptors (Lipinski definition) is 3. The number of phenols is 1. The molecule has 2 aliphatic carbocycles. The highest BCUT2D eigenvalue weighted by molar-refractivity contribution is 5.44. The summed E-state index contributed by atoms with van der Waals surface area (Å²) < 4.78 is 0. The number of piperidine rings is 1. The molecule has 6 rings (SSSR count). The highest BCUT2D eigenvalue weighted by atomic mass is 16.3. The first-order valence-corrected chi connectivity index (χ1v) is 12.8. The first-order chi connectivity index (χ1) is 15.5. The van der Waals surface area contributed by atoms with Gasteiger partial charge >= 0.3 is 0 Å². The van der Waals surface area contributed by atoms with Gasteiger partial charge in [0.2, 0.25) is 0 Å². The maximum Gasteiger partial charge on any atom is 0.115 e. The van der Waals surface area contributed by atoms with Crippen LogP contribution in [-0.4, -0.2) is 53.7 Å². The molecule has 3 heteroatoms. The van der Waals surface area contributed by atoms with E-state index < -0.39 is 0 Å². The van der Waals surface area contributed by atoms with Crippen molar-refractivity contribution in [2.45, 2.75) is 62.8 Å². The van der Waals surface area contributed by atoms with Gasteiger partial charge in [0.25, 0.3) is 0 Å². The minimum atomic E-state index is 0.184. The van der Waals surface area contributed by atoms with Gasteiger partial charge in [-0.15, -0.1) is 0 Å². The van der Waals surface area contributed by atoms with E-state index in [2.05, 4.69) is 66.1 Å². The van der Waals surface area contributed by atoms with Crippen LogP contribution in [0.4, 0.5) is 0 Å². The molecule has 32 heavy (non-hydrogen) atoms. The molecule has 5 atom stereocenters. The maximum absolute atomic E-state index is 10.1. The largest absolute Gasteiger partial charge is 0.508 e. The second-order valence-corrected chi connectivity index (χ2v) is 11.5. The van der Waals surface area contributed by atoms with Crippen molar-refractivity contribution in [3.8, 4) is 5.75 Å². The molecule has 2 heterocycles. The molecule has 2 aromatic carbocycles. The van der Waals surface area contributed by atoms with Crippen LogP contribution in [0.1, 0.15) is 56.2 Å². The van der Waals surface area contributed by atoms with Crippen molar-refractivity contribution < 1.29 is 5.11 Å². The SMILES string of the molecule is C[C@H]1[C@H]2Cc3ccc(O)cc3[C@]1(C)CCN2C[C@@H]1C[C@@]1(CN1CCCC1)c1ccccc1. The predicted octanol–water partition coefficient (Wildman–Crippen LogP) is 4.97. The van der Waals surface area contributed by atoms with E-state index in [0.29, 0.717) is 23.1 Å². The molecule has 4 aliphatic rings. The summed E-state index contributed by atoms with van der Waals surface area (Å²) in [4.78, 5) is 5.58. The van der Waals surface area contributed by atoms with Crippen LogP contribution in [0.15, 0.2) is 48.5 Å². The second kappa shape index (κ2) is 7.60. The Morgan fingerprint density at radius 3 is 2.59 bits per heavy atom. The fourth-order valence-corrected chi connectivity index (χ4v) is 7.57. The molecule has 0 radical (unpaired) electrons. The minimum absolute atomic E-state index is 0.184. The lowest BCUT2D eigenvalue weighted by Gasteiger charge is -2.55. The topological polar surface area (TPSA) is 26.7 Å². The molecule has 170 valence electrons. The third kappa shape index (κ3) is 3.23. The quantitative estimate of drug-likeness (QED) is 0.725. The van der Waals surface area contributed by atoms with Crippen LogP contribution < -0.4 is 0 Å². The molecule has 2 bridgehead atoms. The van der Waals surface area contributed by atoms with E-state index in [1.807, 2.05) is 6.07 Å². The lowest BCUT2D eigenvalue weighted by atomic mass is 9.59. The van der Waals surface area contributed by atoms with Crippen molar-refractivity contribution in [1.29, 1.82) is 0 Å². The zero-order valence-corrected chi connectivity index (χ0v) is 19.8. The predicted molar refractivity (Wildman–Crippen MR) is 130 cm³/mol. The molecule has 1 saturated carbocycles. The van der Waals surface area contributed by atoms with Crippen LogP contribution in [0.2, 0.25) is 0 Å². The van der Waals surface area contributed by atoms with Crippen LogP contribution in [0, 0.1) is 11.8 Å². The van der Waals surface area contributed by atoms with E-state index in [0.717, 1.165) is 12.3 Å². The van der Waals surface area contributed by atoms with Crippen molar-refractivity contribution in [1.82, 2.24) is 9.80 Å². The molecule has 2 saturated heterocycles. The molecule has 0 aromatic heterocycles. The van der Waals surface area contributed by atoms with Crippen molar-refractivity contribution >= 4 is 0 Å². The van der Waals surface area contributed by atoms with Gasteiger partial charge in [-0.1, -0.05) is 50.2 Å². The molecule has 1 N–H and O–H groups in total. The summed E-state index contributed by atoms with van der Waals surface area (Å²) in [6.45, 7) is 11.1. The van der Waals surface area contributed by atoms with Gasteiger partial charge in [0.1, 0.15) is 5.75 Å². The van der Waals surface area contributed by atoms with Gasteiger partial charge in [0.05, 0.1) is 0 Å². The summed E-state index contributed by atoms with van der Waals surface area (Å²) in [6, 6.07) is 18.1. The van der Waals surface area contributed by atoms with Crippen LogP contribution in [0.25, 0.3) is 0 Å². The van der Waals surface area contributed by atoms with Crippen LogP contribution in [-0.2, 0) is 17.3 Å². The summed E-state index contributed by atoms with van der Waals surface area (Å²) in [7, 11) is 0. The van der Waals surface area contributed by atoms with Crippen molar-refractivity contribution in [3.63, 3.8) is 0 Å². The number of hydrogen-bond donors (Lipinski definition) is 1. The number of likely N-dealkylation sites (tertiary alicyclic amines) is 2. The number of phenolic OH excluding ortho intramolecular Hbond substituents is 1. The molecular weight excluding hydrogens is 392 g/mol. The van der Waals surface area contributed by atoms with Crippen LogP contribution >= 0.6 is 0 Å². The molecule has 0 amide bonds. The molecule has 2 aliphatic heterocycles. The van der Waals surface area contributed by atoms with Crippen molar-refractivity contribution in [2.24, 2.45) is 11.8 Å². The highest BCUT2D eigenvalue weighted by Crippen LogP contribution is 2.57. The van der Waals surface area contributed by atoms with Gasteiger partial charge < -0.3 is 10.0 Å². The summed E-state index contributed by atoms with van der Waals surface area (Å²) in [5.74, 6) is 1.81. The zero-order chi connectivity index (χ0) is 21.9. The van der Waals surface area contributed by atoms with E-state index in [4.69, 9.17) is 0 Å². The van der Waals surface area contributed by atoms with Gasteiger partial charge in [-0.3, -0.25) is 4.90 Å². The zero-order valence-electron chi connectivity index (χ0n) is 19.8. The Morgan fingerprint density at radius 1 is 1.03 bits per heavy atom. The standard InChI is InChI=1S/C29H38N2O/c1-21-27-16-22-10-11-25(32)17-26(22)28(21,2)12-15-31(27)19-24-18-29(24,20-30-13-6-7-14-30)23-8-4-3-5-9-23/h3-5,8-11,17,21,24,27,32H,6-7,12-16,18-20H2,1-2H3/t21-,24-,27+,28+,29+/m0/s1. The Bertz CT molecular complexity index is 984. The van der Waals surface area contributed by atoms with Gasteiger partial charge in [-0.25, -0.2) is 0 Å². The Balaban J connectivity index is 1.24. The molecule has 2 aromatic rings. The Kier molecular flexibility index (Phi) is 4.93. The Hall–Kier alpha value is -1.84. The van der Waals surface area contributed by atoms with E-state index >= 15 is 0 Å². The molecule has 3 nitrogen and oxygen atoms in total. The molecular formula is C29H38N2O. The minimum Gasteiger partial charge on any atom is -0.508 e. The van der Waals surface area contributed by atoms with E-state index in [1.165, 1.54) is 69.5 Å². The van der Waals surface area contributed by atoms with E-state index in [9.17, 15) is 5.11 Å². The molecule has 0 spiro atoms. The maximum atomic E-state index is 10.1. The number of rotatable bonds is 5. The van der Waals surface area contributed by atoms with Crippen molar-refractivity contribution in [2.75, 3.05) is 32.7 Å². The van der Waals surface area contributed by atoms with Gasteiger partial charge in [0.15, 0.2) is 0 Å². The van der Waals surface area contributed by atoms with Gasteiger partial charge in [-0.2, -0.15) is 0 Å². The first kappa shape index (κ1) is 20.7. The lowest BCUT2D eigenvalue weighted by Crippen LogP contribution is -2.58. The number of fused-ring (bicyclic) bond motifs is 4. The van der Waals surface area contributed by atoms with Gasteiger partial charge in [0, 0.05) is 24.5 Å². The van der Waals surface area contributed by atoms with Crippen LogP contribution in [0.3, 0.4) is 0 Å². The summed E-state index contributed by atoms with van der Waals surface area (Å²) in [5.41, 5.74) is 4.97. The number of benzene rings is 2. The Morgan fingerprint density at radius 2 is 1.81 bits per heavy atom. The van der Waals surface area contributed by atoms with Gasteiger partial charge in [-0.05, 0) is 97.8 Å². The summed E-state index contributed by atoms with van der Waals surface area (Å²) >= 11 is 0. The lowest BCUT2D eigenvalue weighted by molar-refractivity contribution is 0.0263. The number of aromatic hydroxyl groups is 1. The molecule has 3 fully saturated rings. The Labute approximate surface area is 193 Å². The smallest absolute Gasteiger partial charge is 0.115 e. The monoisotopic (exact) mass is 430 g/mol.